The zero-order valence-corrected chi connectivity index (χ0v) is 14.9. The number of aryl methyl sites for hydroxylation is 2. The van der Waals surface area contributed by atoms with E-state index in [2.05, 4.69) is 31.1 Å². The third-order valence-electron chi connectivity index (χ3n) is 5.56. The number of fused-ring (bicyclic) bond motifs is 3. The molecule has 0 radical (unpaired) electrons. The number of aromatic nitrogens is 2. The zero-order valence-electron chi connectivity index (χ0n) is 14.9. The van der Waals surface area contributed by atoms with Gasteiger partial charge in [-0.05, 0) is 44.9 Å². The van der Waals surface area contributed by atoms with Gasteiger partial charge in [0.1, 0.15) is 11.6 Å². The quantitative estimate of drug-likeness (QED) is 0.865. The fourth-order valence-corrected chi connectivity index (χ4v) is 4.58. The molecule has 0 bridgehead atoms. The second kappa shape index (κ2) is 4.82. The third kappa shape index (κ3) is 2.04. The Labute approximate surface area is 142 Å². The maximum Gasteiger partial charge on any atom is 0.142 e. The highest BCUT2D eigenvalue weighted by atomic mass is 19.1. The van der Waals surface area contributed by atoms with Crippen molar-refractivity contribution >= 4 is 5.69 Å². The molecule has 128 valence electrons. The van der Waals surface area contributed by atoms with Crippen molar-refractivity contribution in [2.24, 2.45) is 7.05 Å². The molecule has 1 aromatic heterocycles. The van der Waals surface area contributed by atoms with Gasteiger partial charge in [-0.3, -0.25) is 0 Å². The van der Waals surface area contributed by atoms with Crippen LogP contribution in [0.25, 0.3) is 11.4 Å². The predicted octanol–water partition coefficient (Wildman–Crippen LogP) is 3.79. The lowest BCUT2D eigenvalue weighted by atomic mass is 9.67. The Morgan fingerprint density at radius 2 is 2.08 bits per heavy atom. The summed E-state index contributed by atoms with van der Waals surface area (Å²) in [6, 6.07) is 3.59. The van der Waals surface area contributed by atoms with Crippen molar-refractivity contribution in [3.05, 3.63) is 35.4 Å². The molecule has 2 atom stereocenters. The minimum atomic E-state index is -0.244. The molecule has 5 heteroatoms. The first kappa shape index (κ1) is 15.6. The Morgan fingerprint density at radius 3 is 2.75 bits per heavy atom. The lowest BCUT2D eigenvalue weighted by Crippen LogP contribution is -2.56. The molecule has 4 rings (SSSR count). The van der Waals surface area contributed by atoms with Crippen LogP contribution in [0, 0.1) is 12.7 Å². The van der Waals surface area contributed by atoms with Crippen LogP contribution >= 0.6 is 0 Å². The van der Waals surface area contributed by atoms with Gasteiger partial charge in [0.2, 0.25) is 0 Å². The van der Waals surface area contributed by atoms with E-state index in [1.54, 1.807) is 6.07 Å². The number of hydrogen-bond acceptors (Lipinski definition) is 3. The van der Waals surface area contributed by atoms with Crippen molar-refractivity contribution in [1.29, 1.82) is 0 Å². The summed E-state index contributed by atoms with van der Waals surface area (Å²) in [4.78, 5) is 4.50. The van der Waals surface area contributed by atoms with Gasteiger partial charge < -0.3 is 14.6 Å². The number of anilines is 1. The number of benzene rings is 1. The summed E-state index contributed by atoms with van der Waals surface area (Å²) in [7, 11) is 1.90. The molecule has 4 nitrogen and oxygen atoms in total. The number of rotatable bonds is 1. The van der Waals surface area contributed by atoms with E-state index < -0.39 is 0 Å². The van der Waals surface area contributed by atoms with Gasteiger partial charge in [-0.15, -0.1) is 0 Å². The third-order valence-corrected chi connectivity index (χ3v) is 5.56. The van der Waals surface area contributed by atoms with Gasteiger partial charge in [0.15, 0.2) is 0 Å². The van der Waals surface area contributed by atoms with Crippen molar-refractivity contribution in [3.8, 4) is 11.4 Å². The van der Waals surface area contributed by atoms with Crippen molar-refractivity contribution in [3.63, 3.8) is 0 Å². The number of hydrogen-bond donors (Lipinski definition) is 1. The Bertz CT molecular complexity index is 826. The molecule has 1 saturated heterocycles. The highest BCUT2D eigenvalue weighted by Gasteiger charge is 2.53. The fraction of sp³-hybridized carbons (Fsp3) is 0.526. The molecule has 0 amide bonds. The first-order chi connectivity index (χ1) is 11.2. The molecule has 0 saturated carbocycles. The second-order valence-electron chi connectivity index (χ2n) is 7.96. The molecule has 2 unspecified atom stereocenters. The van der Waals surface area contributed by atoms with Crippen LogP contribution < -0.4 is 5.32 Å². The van der Waals surface area contributed by atoms with E-state index in [9.17, 15) is 4.39 Å². The van der Waals surface area contributed by atoms with Crippen LogP contribution in [0.2, 0.25) is 0 Å². The van der Waals surface area contributed by atoms with E-state index in [1.165, 1.54) is 0 Å². The normalized spacial score (nSPS) is 27.5. The average Bonchev–Trinajstić information content (AvgIpc) is 3.02. The Kier molecular flexibility index (Phi) is 3.14. The molecule has 1 N–H and O–H groups in total. The lowest BCUT2D eigenvalue weighted by molar-refractivity contribution is 0.0352. The lowest BCUT2D eigenvalue weighted by Gasteiger charge is -2.48. The molecule has 3 heterocycles. The van der Waals surface area contributed by atoms with Crippen LogP contribution in [0.4, 0.5) is 10.1 Å². The second-order valence-corrected chi connectivity index (χ2v) is 7.96. The van der Waals surface area contributed by atoms with Gasteiger partial charge >= 0.3 is 0 Å². The molecule has 0 spiro atoms. The van der Waals surface area contributed by atoms with E-state index >= 15 is 0 Å². The highest BCUT2D eigenvalue weighted by Crippen LogP contribution is 2.51. The molecule has 1 fully saturated rings. The summed E-state index contributed by atoms with van der Waals surface area (Å²) < 4.78 is 22.8. The molecule has 1 aromatic carbocycles. The Balaban J connectivity index is 1.93. The molecular formula is C19H24FN3O. The number of halogens is 1. The number of imidazole rings is 1. The number of nitrogens with zero attached hydrogens (tertiary/aromatic N) is 2. The zero-order chi connectivity index (χ0) is 17.3. The first-order valence-corrected chi connectivity index (χ1v) is 8.46. The van der Waals surface area contributed by atoms with Crippen LogP contribution in [-0.2, 0) is 17.2 Å². The summed E-state index contributed by atoms with van der Waals surface area (Å²) in [5, 5.41) is 3.48. The number of ether oxygens (including phenoxy) is 1. The molecule has 2 aliphatic rings. The van der Waals surface area contributed by atoms with E-state index in [4.69, 9.17) is 4.74 Å². The molecule has 24 heavy (non-hydrogen) atoms. The van der Waals surface area contributed by atoms with Gasteiger partial charge in [-0.1, -0.05) is 6.92 Å². The fourth-order valence-electron chi connectivity index (χ4n) is 4.58. The minimum absolute atomic E-state index is 0.0684. The van der Waals surface area contributed by atoms with Crippen LogP contribution in [0.15, 0.2) is 18.3 Å². The monoisotopic (exact) mass is 329 g/mol. The predicted molar refractivity (Wildman–Crippen MR) is 92.7 cm³/mol. The Hall–Kier alpha value is -1.88. The van der Waals surface area contributed by atoms with E-state index in [0.717, 1.165) is 30.0 Å². The molecular weight excluding hydrogens is 305 g/mol. The molecule has 2 aromatic rings. The van der Waals surface area contributed by atoms with Crippen molar-refractivity contribution in [1.82, 2.24) is 9.55 Å². The van der Waals surface area contributed by atoms with Gasteiger partial charge in [0.05, 0.1) is 22.9 Å². The van der Waals surface area contributed by atoms with Crippen molar-refractivity contribution < 1.29 is 9.13 Å². The van der Waals surface area contributed by atoms with Crippen LogP contribution in [-0.4, -0.2) is 27.8 Å². The molecule has 0 aliphatic carbocycles. The Morgan fingerprint density at radius 1 is 1.33 bits per heavy atom. The maximum atomic E-state index is 14.8. The van der Waals surface area contributed by atoms with Crippen molar-refractivity contribution in [2.45, 2.75) is 51.2 Å². The van der Waals surface area contributed by atoms with Gasteiger partial charge in [0.25, 0.3) is 0 Å². The minimum Gasteiger partial charge on any atom is -0.377 e. The van der Waals surface area contributed by atoms with Gasteiger partial charge in [0, 0.05) is 31.0 Å². The highest BCUT2D eigenvalue weighted by molar-refractivity contribution is 5.69. The van der Waals surface area contributed by atoms with E-state index in [1.807, 2.05) is 30.8 Å². The van der Waals surface area contributed by atoms with Crippen LogP contribution in [0.1, 0.15) is 38.4 Å². The van der Waals surface area contributed by atoms with Crippen LogP contribution in [0.3, 0.4) is 0 Å². The number of nitrogens with one attached hydrogen (secondary N) is 1. The van der Waals surface area contributed by atoms with Crippen LogP contribution in [0.5, 0.6) is 0 Å². The summed E-state index contributed by atoms with van der Waals surface area (Å²) in [6.45, 7) is 9.14. The average molecular weight is 329 g/mol. The summed E-state index contributed by atoms with van der Waals surface area (Å²) in [5.41, 5.74) is 3.09. The SMILES string of the molecule is Cc1cn(C)c(-c2cc3c(cc2F)NC(C)(C)C2OCCC32C)n1. The summed E-state index contributed by atoms with van der Waals surface area (Å²) in [5.74, 6) is 0.420. The standard InChI is InChI=1S/C19H24FN3O/c1-11-10-23(5)16(21-11)12-8-13-15(9-14(12)20)22-18(2,3)17-19(13,4)6-7-24-17/h8-10,17,22H,6-7H2,1-5H3. The largest absolute Gasteiger partial charge is 0.377 e. The maximum absolute atomic E-state index is 14.8. The summed E-state index contributed by atoms with van der Waals surface area (Å²) in [6.07, 6.45) is 2.93. The van der Waals surface area contributed by atoms with Gasteiger partial charge in [-0.25, -0.2) is 9.37 Å². The smallest absolute Gasteiger partial charge is 0.142 e. The summed E-state index contributed by atoms with van der Waals surface area (Å²) >= 11 is 0. The van der Waals surface area contributed by atoms with Crippen molar-refractivity contribution in [2.75, 3.05) is 11.9 Å². The topological polar surface area (TPSA) is 39.1 Å². The van der Waals surface area contributed by atoms with E-state index in [0.29, 0.717) is 11.4 Å². The molecule has 2 aliphatic heterocycles. The first-order valence-electron chi connectivity index (χ1n) is 8.46. The van der Waals surface area contributed by atoms with Gasteiger partial charge in [-0.2, -0.15) is 0 Å². The van der Waals surface area contributed by atoms with E-state index in [-0.39, 0.29) is 22.9 Å².